The molecule has 0 bridgehead atoms. The second-order valence-electron chi connectivity index (χ2n) is 10.5. The van der Waals surface area contributed by atoms with E-state index in [0.29, 0.717) is 5.95 Å². The van der Waals surface area contributed by atoms with Crippen LogP contribution in [0.2, 0.25) is 0 Å². The zero-order valence-electron chi connectivity index (χ0n) is 22.2. The van der Waals surface area contributed by atoms with Gasteiger partial charge in [-0.25, -0.2) is 9.97 Å². The number of nitrogens with zero attached hydrogens (tertiary/aromatic N) is 3. The van der Waals surface area contributed by atoms with E-state index in [4.69, 9.17) is 14.4 Å². The van der Waals surface area contributed by atoms with Crippen molar-refractivity contribution in [3.63, 3.8) is 0 Å². The van der Waals surface area contributed by atoms with Crippen LogP contribution in [0.15, 0.2) is 120 Å². The van der Waals surface area contributed by atoms with Crippen molar-refractivity contribution in [3.05, 3.63) is 126 Å². The Morgan fingerprint density at radius 2 is 1.07 bits per heavy atom. The third-order valence-corrected chi connectivity index (χ3v) is 7.72. The zero-order chi connectivity index (χ0) is 26.8. The summed E-state index contributed by atoms with van der Waals surface area (Å²) in [6, 6.07) is 40.0. The van der Waals surface area contributed by atoms with Crippen molar-refractivity contribution in [2.24, 2.45) is 0 Å². The molecule has 0 radical (unpaired) electrons. The number of fused-ring (bicyclic) bond motifs is 6. The highest BCUT2D eigenvalue weighted by Crippen LogP contribution is 2.39. The van der Waals surface area contributed by atoms with Gasteiger partial charge in [0.15, 0.2) is 0 Å². The third-order valence-electron chi connectivity index (χ3n) is 7.72. The molecule has 3 aromatic heterocycles. The van der Waals surface area contributed by atoms with E-state index in [1.165, 1.54) is 16.5 Å². The molecule has 190 valence electrons. The maximum absolute atomic E-state index is 6.36. The molecule has 8 rings (SSSR count). The Morgan fingerprint density at radius 3 is 1.75 bits per heavy atom. The highest BCUT2D eigenvalue weighted by atomic mass is 16.3. The minimum Gasteiger partial charge on any atom is -0.456 e. The van der Waals surface area contributed by atoms with Crippen molar-refractivity contribution in [1.29, 1.82) is 0 Å². The topological polar surface area (TPSA) is 43.9 Å². The number of hydrogen-bond donors (Lipinski definition) is 0. The molecule has 0 atom stereocenters. The summed E-state index contributed by atoms with van der Waals surface area (Å²) in [6.45, 7) is 4.26. The van der Waals surface area contributed by atoms with Crippen molar-refractivity contribution in [1.82, 2.24) is 14.5 Å². The molecule has 4 nitrogen and oxygen atoms in total. The van der Waals surface area contributed by atoms with E-state index in [1.807, 2.05) is 36.4 Å². The summed E-state index contributed by atoms with van der Waals surface area (Å²) >= 11 is 0. The molecular weight excluding hydrogens is 490 g/mol. The molecule has 8 aromatic rings. The highest BCUT2D eigenvalue weighted by molar-refractivity contribution is 6.17. The van der Waals surface area contributed by atoms with E-state index in [0.717, 1.165) is 60.9 Å². The lowest BCUT2D eigenvalue weighted by atomic mass is 10.1. The fraction of sp³-hybridized carbons (Fsp3) is 0.0556. The Bertz CT molecular complexity index is 2170. The standard InChI is InChI=1S/C36H25N3O/c1-22-13-15-32-26(17-22)27-19-29-28-18-23(2)14-16-34(28)40-35(29)21-33(27)39(32)36-37-30(24-9-5-3-6-10-24)20-31(38-36)25-11-7-4-8-12-25/h3-21H,1-2H3. The summed E-state index contributed by atoms with van der Waals surface area (Å²) in [6.07, 6.45) is 0. The van der Waals surface area contributed by atoms with Gasteiger partial charge in [0.1, 0.15) is 11.2 Å². The predicted molar refractivity (Wildman–Crippen MR) is 164 cm³/mol. The normalized spacial score (nSPS) is 11.8. The number of hydrogen-bond acceptors (Lipinski definition) is 3. The lowest BCUT2D eigenvalue weighted by Crippen LogP contribution is -2.04. The zero-order valence-corrected chi connectivity index (χ0v) is 22.2. The van der Waals surface area contributed by atoms with Gasteiger partial charge in [0.05, 0.1) is 22.4 Å². The van der Waals surface area contributed by atoms with E-state index < -0.39 is 0 Å². The summed E-state index contributed by atoms with van der Waals surface area (Å²) in [5.74, 6) is 0.635. The van der Waals surface area contributed by atoms with Crippen LogP contribution in [0.4, 0.5) is 0 Å². The summed E-state index contributed by atoms with van der Waals surface area (Å²) in [7, 11) is 0. The molecule has 0 spiro atoms. The van der Waals surface area contributed by atoms with Crippen LogP contribution in [-0.2, 0) is 0 Å². The minimum atomic E-state index is 0.635. The maximum Gasteiger partial charge on any atom is 0.235 e. The SMILES string of the molecule is Cc1ccc2oc3cc4c(cc3c2c1)c1cc(C)ccc1n4-c1nc(-c2ccccc2)cc(-c2ccccc2)n1. The molecule has 0 fully saturated rings. The molecule has 0 aliphatic carbocycles. The van der Waals surface area contributed by atoms with Crippen LogP contribution >= 0.6 is 0 Å². The van der Waals surface area contributed by atoms with Crippen molar-refractivity contribution < 1.29 is 4.42 Å². The van der Waals surface area contributed by atoms with Crippen LogP contribution in [0.3, 0.4) is 0 Å². The second-order valence-corrected chi connectivity index (χ2v) is 10.5. The van der Waals surface area contributed by atoms with Gasteiger partial charge in [-0.1, -0.05) is 83.9 Å². The van der Waals surface area contributed by atoms with E-state index in [9.17, 15) is 0 Å². The van der Waals surface area contributed by atoms with Crippen LogP contribution in [-0.4, -0.2) is 14.5 Å². The van der Waals surface area contributed by atoms with Gasteiger partial charge in [-0.3, -0.25) is 4.57 Å². The van der Waals surface area contributed by atoms with Crippen molar-refractivity contribution in [3.8, 4) is 28.5 Å². The van der Waals surface area contributed by atoms with Crippen molar-refractivity contribution in [2.45, 2.75) is 13.8 Å². The van der Waals surface area contributed by atoms with Gasteiger partial charge in [-0.2, -0.15) is 0 Å². The Morgan fingerprint density at radius 1 is 0.500 bits per heavy atom. The monoisotopic (exact) mass is 515 g/mol. The van der Waals surface area contributed by atoms with E-state index >= 15 is 0 Å². The smallest absolute Gasteiger partial charge is 0.235 e. The third kappa shape index (κ3) is 3.53. The molecule has 3 heterocycles. The second kappa shape index (κ2) is 8.65. The molecule has 0 N–H and O–H groups in total. The van der Waals surface area contributed by atoms with Gasteiger partial charge in [0, 0.05) is 38.7 Å². The van der Waals surface area contributed by atoms with E-state index in [1.54, 1.807) is 0 Å². The van der Waals surface area contributed by atoms with Crippen LogP contribution in [0, 0.1) is 13.8 Å². The number of furan rings is 1. The first-order valence-corrected chi connectivity index (χ1v) is 13.5. The molecule has 4 heteroatoms. The summed E-state index contributed by atoms with van der Waals surface area (Å²) < 4.78 is 8.54. The van der Waals surface area contributed by atoms with Gasteiger partial charge in [0.2, 0.25) is 5.95 Å². The lowest BCUT2D eigenvalue weighted by Gasteiger charge is -2.11. The predicted octanol–water partition coefficient (Wildman–Crippen LogP) is 9.42. The average Bonchev–Trinajstić information content (AvgIpc) is 3.50. The fourth-order valence-electron chi connectivity index (χ4n) is 5.78. The molecule has 0 saturated heterocycles. The number of benzene rings is 5. The van der Waals surface area contributed by atoms with Gasteiger partial charge in [-0.05, 0) is 50.2 Å². The van der Waals surface area contributed by atoms with Crippen LogP contribution < -0.4 is 0 Å². The lowest BCUT2D eigenvalue weighted by molar-refractivity contribution is 0.669. The van der Waals surface area contributed by atoms with E-state index in [2.05, 4.69) is 97.3 Å². The molecule has 0 unspecified atom stereocenters. The number of rotatable bonds is 3. The molecule has 40 heavy (non-hydrogen) atoms. The first-order valence-electron chi connectivity index (χ1n) is 13.5. The van der Waals surface area contributed by atoms with Crippen LogP contribution in [0.25, 0.3) is 72.2 Å². The molecule has 0 aliphatic rings. The first kappa shape index (κ1) is 22.7. The first-order chi connectivity index (χ1) is 19.6. The Kier molecular flexibility index (Phi) is 4.92. The number of aromatic nitrogens is 3. The van der Waals surface area contributed by atoms with Gasteiger partial charge in [-0.15, -0.1) is 0 Å². The van der Waals surface area contributed by atoms with Gasteiger partial charge >= 0.3 is 0 Å². The average molecular weight is 516 g/mol. The molecule has 5 aromatic carbocycles. The van der Waals surface area contributed by atoms with Gasteiger partial charge < -0.3 is 4.42 Å². The van der Waals surface area contributed by atoms with Crippen LogP contribution in [0.5, 0.6) is 0 Å². The maximum atomic E-state index is 6.36. The van der Waals surface area contributed by atoms with Crippen molar-refractivity contribution >= 4 is 43.7 Å². The Hall–Kier alpha value is -5.22. The Balaban J connectivity index is 1.48. The summed E-state index contributed by atoms with van der Waals surface area (Å²) in [5.41, 5.74) is 10.1. The molecule has 0 saturated carbocycles. The summed E-state index contributed by atoms with van der Waals surface area (Å²) in [4.78, 5) is 10.3. The van der Waals surface area contributed by atoms with E-state index in [-0.39, 0.29) is 0 Å². The quantitative estimate of drug-likeness (QED) is 0.235. The van der Waals surface area contributed by atoms with Gasteiger partial charge in [0.25, 0.3) is 0 Å². The minimum absolute atomic E-state index is 0.635. The Labute approximate surface area is 231 Å². The van der Waals surface area contributed by atoms with Crippen LogP contribution in [0.1, 0.15) is 11.1 Å². The van der Waals surface area contributed by atoms with Crippen molar-refractivity contribution in [2.75, 3.05) is 0 Å². The molecular formula is C36H25N3O. The highest BCUT2D eigenvalue weighted by Gasteiger charge is 2.19. The molecule has 0 amide bonds. The summed E-state index contributed by atoms with van der Waals surface area (Å²) in [5, 5.41) is 4.59. The fourth-order valence-corrected chi connectivity index (χ4v) is 5.78. The molecule has 0 aliphatic heterocycles. The largest absolute Gasteiger partial charge is 0.456 e. The number of aryl methyl sites for hydroxylation is 2.